The molecule has 1 aliphatic rings. The third-order valence-electron chi connectivity index (χ3n) is 3.23. The van der Waals surface area contributed by atoms with E-state index in [0.717, 1.165) is 0 Å². The highest BCUT2D eigenvalue weighted by Gasteiger charge is 2.35. The van der Waals surface area contributed by atoms with E-state index >= 15 is 0 Å². The van der Waals surface area contributed by atoms with Gasteiger partial charge in [-0.15, -0.1) is 0 Å². The minimum absolute atomic E-state index is 0.0335. The van der Waals surface area contributed by atoms with Gasteiger partial charge in [-0.05, 0) is 31.0 Å². The molecule has 106 valence electrons. The zero-order chi connectivity index (χ0) is 14.8. The fourth-order valence-corrected chi connectivity index (χ4v) is 4.15. The number of nitrogens with one attached hydrogen (secondary N) is 1. The normalized spacial score (nSPS) is 20.9. The topological polar surface area (TPSA) is 87.0 Å². The van der Waals surface area contributed by atoms with Crippen LogP contribution in [0.4, 0.5) is 5.69 Å². The Morgan fingerprint density at radius 1 is 1.40 bits per heavy atom. The molecule has 1 N–H and O–H groups in total. The number of benzene rings is 1. The van der Waals surface area contributed by atoms with E-state index in [4.69, 9.17) is 16.9 Å². The van der Waals surface area contributed by atoms with Gasteiger partial charge in [-0.1, -0.05) is 18.0 Å². The highest BCUT2D eigenvalue weighted by atomic mass is 35.5. The fraction of sp³-hybridized carbons (Fsp3) is 0.385. The first kappa shape index (κ1) is 14.8. The molecule has 0 saturated carbocycles. The number of carbonyl (C=O) groups excluding carboxylic acids is 1. The summed E-state index contributed by atoms with van der Waals surface area (Å²) in [5.74, 6) is -0.561. The molecule has 1 saturated heterocycles. The first-order valence-corrected chi connectivity index (χ1v) is 8.25. The molecule has 20 heavy (non-hydrogen) atoms. The van der Waals surface area contributed by atoms with Gasteiger partial charge in [-0.25, -0.2) is 8.42 Å². The van der Waals surface area contributed by atoms with Crippen molar-refractivity contribution in [3.8, 4) is 6.07 Å². The fourth-order valence-electron chi connectivity index (χ4n) is 2.18. The summed E-state index contributed by atoms with van der Waals surface area (Å²) in [4.78, 5) is 12.1. The Morgan fingerprint density at radius 3 is 2.80 bits per heavy atom. The van der Waals surface area contributed by atoms with Crippen LogP contribution in [0.5, 0.6) is 0 Å². The van der Waals surface area contributed by atoms with Crippen LogP contribution in [0.3, 0.4) is 0 Å². The van der Waals surface area contributed by atoms with E-state index < -0.39 is 21.0 Å². The number of halogens is 1. The Balaban J connectivity index is 2.24. The molecule has 1 aromatic rings. The van der Waals surface area contributed by atoms with E-state index in [1.54, 1.807) is 0 Å². The summed E-state index contributed by atoms with van der Waals surface area (Å²) in [5.41, 5.74) is 0.488. The van der Waals surface area contributed by atoms with Gasteiger partial charge in [0.05, 0.1) is 17.0 Å². The summed E-state index contributed by atoms with van der Waals surface area (Å²) >= 11 is 5.82. The standard InChI is InChI=1S/C13H13ClN2O3S/c14-10-5-4-9(8-15)11(7-10)16-13(17)12-3-1-2-6-20(12,18)19/h4-5,7,12H,1-3,6H2,(H,16,17). The number of carbonyl (C=O) groups is 1. The third kappa shape index (κ3) is 3.11. The van der Waals surface area contributed by atoms with E-state index in [1.165, 1.54) is 18.2 Å². The van der Waals surface area contributed by atoms with Gasteiger partial charge in [-0.2, -0.15) is 5.26 Å². The van der Waals surface area contributed by atoms with Crippen molar-refractivity contribution < 1.29 is 13.2 Å². The van der Waals surface area contributed by atoms with Crippen LogP contribution in [0.25, 0.3) is 0 Å². The Kier molecular flexibility index (Phi) is 4.31. The minimum atomic E-state index is -3.40. The van der Waals surface area contributed by atoms with Gasteiger partial charge in [0.2, 0.25) is 5.91 Å². The van der Waals surface area contributed by atoms with E-state index in [0.29, 0.717) is 24.3 Å². The number of nitriles is 1. The molecule has 1 fully saturated rings. The van der Waals surface area contributed by atoms with Crippen LogP contribution in [-0.2, 0) is 14.6 Å². The molecule has 1 aliphatic heterocycles. The number of sulfone groups is 1. The van der Waals surface area contributed by atoms with Crippen molar-refractivity contribution in [2.75, 3.05) is 11.1 Å². The Hall–Kier alpha value is -1.58. The van der Waals surface area contributed by atoms with E-state index in [-0.39, 0.29) is 17.0 Å². The zero-order valence-corrected chi connectivity index (χ0v) is 12.2. The van der Waals surface area contributed by atoms with Crippen molar-refractivity contribution >= 4 is 33.0 Å². The second kappa shape index (κ2) is 5.81. The lowest BCUT2D eigenvalue weighted by atomic mass is 10.1. The number of rotatable bonds is 2. The van der Waals surface area contributed by atoms with Gasteiger partial charge in [-0.3, -0.25) is 4.79 Å². The summed E-state index contributed by atoms with van der Waals surface area (Å²) in [6, 6.07) is 6.38. The predicted octanol–water partition coefficient (Wildman–Crippen LogP) is 2.12. The van der Waals surface area contributed by atoms with Gasteiger partial charge in [0.25, 0.3) is 0 Å². The van der Waals surface area contributed by atoms with Crippen molar-refractivity contribution in [2.24, 2.45) is 0 Å². The molecular weight excluding hydrogens is 300 g/mol. The van der Waals surface area contributed by atoms with Crippen molar-refractivity contribution in [3.05, 3.63) is 28.8 Å². The number of hydrogen-bond donors (Lipinski definition) is 1. The first-order chi connectivity index (χ1) is 9.44. The number of nitrogens with zero attached hydrogens (tertiary/aromatic N) is 1. The van der Waals surface area contributed by atoms with Crippen molar-refractivity contribution in [2.45, 2.75) is 24.5 Å². The highest BCUT2D eigenvalue weighted by molar-refractivity contribution is 7.92. The quantitative estimate of drug-likeness (QED) is 0.906. The summed E-state index contributed by atoms with van der Waals surface area (Å²) < 4.78 is 23.8. The van der Waals surface area contributed by atoms with Crippen LogP contribution in [0, 0.1) is 11.3 Å². The Morgan fingerprint density at radius 2 is 2.15 bits per heavy atom. The molecule has 0 aromatic heterocycles. The highest BCUT2D eigenvalue weighted by Crippen LogP contribution is 2.24. The number of anilines is 1. The van der Waals surface area contributed by atoms with Gasteiger partial charge in [0.15, 0.2) is 9.84 Å². The van der Waals surface area contributed by atoms with Crippen LogP contribution in [-0.4, -0.2) is 25.3 Å². The lowest BCUT2D eigenvalue weighted by Crippen LogP contribution is -2.39. The SMILES string of the molecule is N#Cc1ccc(Cl)cc1NC(=O)C1CCCCS1(=O)=O. The minimum Gasteiger partial charge on any atom is -0.324 e. The number of amides is 1. The van der Waals surface area contributed by atoms with E-state index in [2.05, 4.69) is 5.32 Å². The van der Waals surface area contributed by atoms with Crippen molar-refractivity contribution in [3.63, 3.8) is 0 Å². The molecule has 0 radical (unpaired) electrons. The number of hydrogen-bond acceptors (Lipinski definition) is 4. The molecule has 2 rings (SSSR count). The average Bonchev–Trinajstić information content (AvgIpc) is 2.38. The predicted molar refractivity (Wildman–Crippen MR) is 76.2 cm³/mol. The Bertz CT molecular complexity index is 679. The molecular formula is C13H13ClN2O3S. The second-order valence-corrected chi connectivity index (χ2v) is 7.38. The smallest absolute Gasteiger partial charge is 0.242 e. The maximum absolute atomic E-state index is 12.1. The lowest BCUT2D eigenvalue weighted by Gasteiger charge is -2.21. The molecule has 1 aromatic carbocycles. The molecule has 0 spiro atoms. The zero-order valence-electron chi connectivity index (χ0n) is 10.6. The maximum atomic E-state index is 12.1. The molecule has 1 amide bonds. The molecule has 7 heteroatoms. The van der Waals surface area contributed by atoms with Crippen LogP contribution >= 0.6 is 11.6 Å². The molecule has 1 heterocycles. The molecule has 1 atom stereocenters. The van der Waals surface area contributed by atoms with Gasteiger partial charge >= 0.3 is 0 Å². The van der Waals surface area contributed by atoms with Crippen molar-refractivity contribution in [1.29, 1.82) is 5.26 Å². The first-order valence-electron chi connectivity index (χ1n) is 6.16. The van der Waals surface area contributed by atoms with Crippen molar-refractivity contribution in [1.82, 2.24) is 0 Å². The van der Waals surface area contributed by atoms with Crippen LogP contribution in [0.15, 0.2) is 18.2 Å². The van der Waals surface area contributed by atoms with Gasteiger partial charge in [0, 0.05) is 5.02 Å². The van der Waals surface area contributed by atoms with Gasteiger partial charge in [0.1, 0.15) is 11.3 Å². The summed E-state index contributed by atoms with van der Waals surface area (Å²) in [6.45, 7) is 0. The van der Waals surface area contributed by atoms with Crippen LogP contribution < -0.4 is 5.32 Å². The lowest BCUT2D eigenvalue weighted by molar-refractivity contribution is -0.116. The molecule has 0 bridgehead atoms. The van der Waals surface area contributed by atoms with E-state index in [9.17, 15) is 13.2 Å². The largest absolute Gasteiger partial charge is 0.324 e. The Labute approximate surface area is 122 Å². The summed E-state index contributed by atoms with van der Waals surface area (Å²) in [7, 11) is -3.40. The third-order valence-corrected chi connectivity index (χ3v) is 5.64. The maximum Gasteiger partial charge on any atom is 0.242 e. The molecule has 1 unspecified atom stereocenters. The molecule has 5 nitrogen and oxygen atoms in total. The van der Waals surface area contributed by atoms with Gasteiger partial charge < -0.3 is 5.32 Å². The molecule has 0 aliphatic carbocycles. The monoisotopic (exact) mass is 312 g/mol. The second-order valence-electron chi connectivity index (χ2n) is 4.64. The van der Waals surface area contributed by atoms with Crippen LogP contribution in [0.2, 0.25) is 5.02 Å². The van der Waals surface area contributed by atoms with E-state index in [1.807, 2.05) is 6.07 Å². The average molecular weight is 313 g/mol. The summed E-state index contributed by atoms with van der Waals surface area (Å²) in [6.07, 6.45) is 1.61. The summed E-state index contributed by atoms with van der Waals surface area (Å²) in [5, 5.41) is 10.8. The van der Waals surface area contributed by atoms with Crippen LogP contribution in [0.1, 0.15) is 24.8 Å².